The first kappa shape index (κ1) is 16.6. The summed E-state index contributed by atoms with van der Waals surface area (Å²) >= 11 is 6.10. The summed E-state index contributed by atoms with van der Waals surface area (Å²) < 4.78 is 10.5. The Bertz CT molecular complexity index is 600. The minimum atomic E-state index is -0.565. The lowest BCUT2D eigenvalue weighted by Gasteiger charge is -2.36. The molecule has 0 saturated carbocycles. The normalized spacial score (nSPS) is 17.3. The average molecular weight is 326 g/mol. The van der Waals surface area contributed by atoms with Crippen LogP contribution in [0, 0.1) is 12.8 Å². The summed E-state index contributed by atoms with van der Waals surface area (Å²) in [6.07, 6.45) is -0.442. The van der Waals surface area contributed by atoms with Crippen molar-refractivity contribution in [2.75, 3.05) is 18.6 Å². The van der Waals surface area contributed by atoms with Gasteiger partial charge in [-0.25, -0.2) is 0 Å². The Kier molecular flexibility index (Phi) is 4.96. The van der Waals surface area contributed by atoms with E-state index in [2.05, 4.69) is 4.74 Å². The fourth-order valence-electron chi connectivity index (χ4n) is 2.47. The number of nitrogens with zero attached hydrogens (tertiary/aromatic N) is 1. The predicted octanol–water partition coefficient (Wildman–Crippen LogP) is 2.96. The molecule has 0 unspecified atom stereocenters. The number of anilines is 1. The number of methoxy groups -OCH3 is 1. The van der Waals surface area contributed by atoms with Crippen LogP contribution < -0.4 is 9.64 Å². The van der Waals surface area contributed by atoms with Gasteiger partial charge in [-0.1, -0.05) is 25.4 Å². The van der Waals surface area contributed by atoms with Crippen LogP contribution in [0.25, 0.3) is 0 Å². The van der Waals surface area contributed by atoms with Crippen LogP contribution in [0.2, 0.25) is 5.02 Å². The van der Waals surface area contributed by atoms with Crippen molar-refractivity contribution in [3.63, 3.8) is 0 Å². The van der Waals surface area contributed by atoms with Crippen LogP contribution in [0.15, 0.2) is 12.1 Å². The highest BCUT2D eigenvalue weighted by Crippen LogP contribution is 2.40. The molecule has 120 valence electrons. The van der Waals surface area contributed by atoms with Crippen LogP contribution in [0.3, 0.4) is 0 Å². The number of ether oxygens (including phenoxy) is 2. The van der Waals surface area contributed by atoms with Gasteiger partial charge in [-0.15, -0.1) is 0 Å². The van der Waals surface area contributed by atoms with Crippen molar-refractivity contribution in [2.45, 2.75) is 33.3 Å². The van der Waals surface area contributed by atoms with Crippen molar-refractivity contribution in [3.05, 3.63) is 22.7 Å². The molecule has 0 N–H and O–H groups in total. The maximum Gasteiger partial charge on any atom is 0.307 e. The lowest BCUT2D eigenvalue weighted by atomic mass is 10.0. The first-order valence-corrected chi connectivity index (χ1v) is 7.58. The van der Waals surface area contributed by atoms with Crippen molar-refractivity contribution in [2.24, 2.45) is 5.92 Å². The van der Waals surface area contributed by atoms with Gasteiger partial charge in [0.05, 0.1) is 19.2 Å². The number of carbonyl (C=O) groups excluding carboxylic acids is 2. The number of halogens is 1. The van der Waals surface area contributed by atoms with Crippen LogP contribution in [-0.2, 0) is 14.3 Å². The number of hydrogen-bond acceptors (Lipinski definition) is 4. The molecule has 22 heavy (non-hydrogen) atoms. The highest BCUT2D eigenvalue weighted by atomic mass is 35.5. The second kappa shape index (κ2) is 6.57. The fraction of sp³-hybridized carbons (Fsp3) is 0.500. The second-order valence-electron chi connectivity index (χ2n) is 5.67. The van der Waals surface area contributed by atoms with Gasteiger partial charge in [-0.3, -0.25) is 9.59 Å². The van der Waals surface area contributed by atoms with E-state index < -0.39 is 6.10 Å². The standard InChI is InChI=1S/C16H20ClNO4/c1-9(2)14-16(20)18(6-5-13(19)21-4)12-8-11(17)7-10(3)15(12)22-14/h7-9,14H,5-6H2,1-4H3/t14-/m1/s1. The van der Waals surface area contributed by atoms with E-state index in [9.17, 15) is 9.59 Å². The monoisotopic (exact) mass is 325 g/mol. The lowest BCUT2D eigenvalue weighted by molar-refractivity contribution is -0.140. The van der Waals surface area contributed by atoms with Crippen LogP contribution in [-0.4, -0.2) is 31.6 Å². The largest absolute Gasteiger partial charge is 0.478 e. The Hall–Kier alpha value is -1.75. The molecule has 5 nitrogen and oxygen atoms in total. The molecule has 0 saturated heterocycles. The third-order valence-electron chi connectivity index (χ3n) is 3.64. The van der Waals surface area contributed by atoms with E-state index in [-0.39, 0.29) is 30.8 Å². The van der Waals surface area contributed by atoms with Crippen molar-refractivity contribution >= 4 is 29.2 Å². The Morgan fingerprint density at radius 1 is 1.45 bits per heavy atom. The van der Waals surface area contributed by atoms with E-state index in [0.717, 1.165) is 5.56 Å². The third-order valence-corrected chi connectivity index (χ3v) is 3.86. The molecule has 1 aliphatic heterocycles. The van der Waals surface area contributed by atoms with Crippen molar-refractivity contribution < 1.29 is 19.1 Å². The minimum Gasteiger partial charge on any atom is -0.478 e. The van der Waals surface area contributed by atoms with Gasteiger partial charge in [-0.05, 0) is 30.5 Å². The van der Waals surface area contributed by atoms with Crippen molar-refractivity contribution in [1.29, 1.82) is 0 Å². The Morgan fingerprint density at radius 3 is 2.73 bits per heavy atom. The number of benzene rings is 1. The van der Waals surface area contributed by atoms with Gasteiger partial charge in [0.15, 0.2) is 6.10 Å². The maximum absolute atomic E-state index is 12.7. The Morgan fingerprint density at radius 2 is 2.14 bits per heavy atom. The van der Waals surface area contributed by atoms with Gasteiger partial charge >= 0.3 is 5.97 Å². The van der Waals surface area contributed by atoms with Gasteiger partial charge < -0.3 is 14.4 Å². The summed E-state index contributed by atoms with van der Waals surface area (Å²) in [5, 5.41) is 0.527. The molecule has 0 fully saturated rings. The van der Waals surface area contributed by atoms with Gasteiger partial charge in [-0.2, -0.15) is 0 Å². The number of rotatable bonds is 4. The van der Waals surface area contributed by atoms with Crippen LogP contribution in [0.1, 0.15) is 25.8 Å². The number of fused-ring (bicyclic) bond motifs is 1. The zero-order valence-electron chi connectivity index (χ0n) is 13.2. The average Bonchev–Trinajstić information content (AvgIpc) is 2.45. The first-order chi connectivity index (χ1) is 10.3. The predicted molar refractivity (Wildman–Crippen MR) is 84.4 cm³/mol. The fourth-order valence-corrected chi connectivity index (χ4v) is 2.74. The molecule has 0 bridgehead atoms. The third kappa shape index (κ3) is 3.19. The SMILES string of the molecule is COC(=O)CCN1C(=O)[C@@H](C(C)C)Oc2c(C)cc(Cl)cc21. The number of aryl methyl sites for hydroxylation is 1. The van der Waals surface area contributed by atoms with Crippen LogP contribution in [0.5, 0.6) is 5.75 Å². The molecule has 0 spiro atoms. The van der Waals surface area contributed by atoms with Gasteiger partial charge in [0.2, 0.25) is 0 Å². The summed E-state index contributed by atoms with van der Waals surface area (Å²) in [7, 11) is 1.33. The number of esters is 1. The molecule has 1 heterocycles. The molecule has 0 aliphatic carbocycles. The highest BCUT2D eigenvalue weighted by Gasteiger charge is 2.37. The summed E-state index contributed by atoms with van der Waals surface area (Å²) in [5.41, 5.74) is 1.47. The Labute approximate surface area is 135 Å². The van der Waals surface area contributed by atoms with Crippen LogP contribution >= 0.6 is 11.6 Å². The summed E-state index contributed by atoms with van der Waals surface area (Å²) in [6.45, 7) is 5.98. The topological polar surface area (TPSA) is 55.8 Å². The van der Waals surface area contributed by atoms with E-state index in [1.54, 1.807) is 17.0 Å². The Balaban J connectivity index is 2.41. The highest BCUT2D eigenvalue weighted by molar-refractivity contribution is 6.31. The van der Waals surface area contributed by atoms with Crippen molar-refractivity contribution in [1.82, 2.24) is 0 Å². The maximum atomic E-state index is 12.7. The quantitative estimate of drug-likeness (QED) is 0.799. The summed E-state index contributed by atoms with van der Waals surface area (Å²) in [4.78, 5) is 25.6. The van der Waals surface area contributed by atoms with E-state index >= 15 is 0 Å². The molecular weight excluding hydrogens is 306 g/mol. The zero-order chi connectivity index (χ0) is 16.4. The van der Waals surface area contributed by atoms with Crippen LogP contribution in [0.4, 0.5) is 5.69 Å². The molecule has 1 aliphatic rings. The second-order valence-corrected chi connectivity index (χ2v) is 6.11. The zero-order valence-corrected chi connectivity index (χ0v) is 13.9. The number of hydrogen-bond donors (Lipinski definition) is 0. The molecule has 6 heteroatoms. The van der Waals surface area contributed by atoms with Crippen molar-refractivity contribution in [3.8, 4) is 5.75 Å². The molecule has 1 aromatic rings. The lowest BCUT2D eigenvalue weighted by Crippen LogP contribution is -2.49. The number of carbonyl (C=O) groups is 2. The first-order valence-electron chi connectivity index (χ1n) is 7.20. The van der Waals surface area contributed by atoms with E-state index in [1.165, 1.54) is 7.11 Å². The summed E-state index contributed by atoms with van der Waals surface area (Å²) in [6, 6.07) is 3.49. The van der Waals surface area contributed by atoms with E-state index in [1.807, 2.05) is 20.8 Å². The van der Waals surface area contributed by atoms with Gasteiger partial charge in [0, 0.05) is 11.6 Å². The molecule has 0 aromatic heterocycles. The number of amides is 1. The van der Waals surface area contributed by atoms with E-state index in [0.29, 0.717) is 16.5 Å². The molecule has 1 atom stereocenters. The molecule has 1 aromatic carbocycles. The van der Waals surface area contributed by atoms with Gasteiger partial charge in [0.25, 0.3) is 5.91 Å². The van der Waals surface area contributed by atoms with Gasteiger partial charge in [0.1, 0.15) is 5.75 Å². The molecule has 0 radical (unpaired) electrons. The molecule has 1 amide bonds. The summed E-state index contributed by atoms with van der Waals surface area (Å²) in [5.74, 6) is 0.151. The minimum absolute atomic E-state index is 0.0244. The molecular formula is C16H20ClNO4. The molecule has 2 rings (SSSR count). The van der Waals surface area contributed by atoms with E-state index in [4.69, 9.17) is 16.3 Å². The smallest absolute Gasteiger partial charge is 0.307 e.